The van der Waals surface area contributed by atoms with Crippen molar-refractivity contribution >= 4 is 21.6 Å². The molecule has 0 unspecified atom stereocenters. The van der Waals surface area contributed by atoms with E-state index >= 15 is 0 Å². The number of sulfonamides is 1. The highest BCUT2D eigenvalue weighted by Gasteiger charge is 2.18. The molecule has 0 fully saturated rings. The van der Waals surface area contributed by atoms with E-state index in [2.05, 4.69) is 15.1 Å². The van der Waals surface area contributed by atoms with Gasteiger partial charge in [0.2, 0.25) is 10.0 Å². The molecule has 30 heavy (non-hydrogen) atoms. The number of ether oxygens (including phenoxy) is 1. The van der Waals surface area contributed by atoms with Crippen LogP contribution < -0.4 is 10.0 Å². The van der Waals surface area contributed by atoms with Crippen molar-refractivity contribution in [3.63, 3.8) is 0 Å². The summed E-state index contributed by atoms with van der Waals surface area (Å²) in [4.78, 5) is 12.9. The zero-order valence-electron chi connectivity index (χ0n) is 17.0. The van der Waals surface area contributed by atoms with Crippen LogP contribution in [-0.2, 0) is 14.8 Å². The van der Waals surface area contributed by atoms with Gasteiger partial charge >= 0.3 is 0 Å². The Morgan fingerprint density at radius 2 is 1.93 bits per heavy atom. The predicted octanol–water partition coefficient (Wildman–Crippen LogP) is 2.67. The number of aromatic nitrogens is 2. The highest BCUT2D eigenvalue weighted by molar-refractivity contribution is 7.89. The van der Waals surface area contributed by atoms with E-state index in [9.17, 15) is 13.2 Å². The van der Waals surface area contributed by atoms with Gasteiger partial charge in [-0.15, -0.1) is 0 Å². The average molecular weight is 429 g/mol. The summed E-state index contributed by atoms with van der Waals surface area (Å²) in [6, 6.07) is 13.6. The minimum atomic E-state index is -3.74. The summed E-state index contributed by atoms with van der Waals surface area (Å²) in [6.07, 6.45) is 1.70. The number of carbonyl (C=O) groups excluding carboxylic acids is 1. The molecule has 2 N–H and O–H groups in total. The number of hydrogen-bond acceptors (Lipinski definition) is 5. The summed E-state index contributed by atoms with van der Waals surface area (Å²) in [5, 5.41) is 7.11. The van der Waals surface area contributed by atoms with Crippen LogP contribution in [0.4, 0.5) is 5.69 Å². The van der Waals surface area contributed by atoms with Crippen LogP contribution in [-0.4, -0.2) is 44.4 Å². The normalized spacial score (nSPS) is 11.4. The van der Waals surface area contributed by atoms with Crippen LogP contribution in [0.15, 0.2) is 59.6 Å². The van der Waals surface area contributed by atoms with E-state index in [0.717, 1.165) is 11.4 Å². The number of methoxy groups -OCH3 is 1. The van der Waals surface area contributed by atoms with Gasteiger partial charge in [0.25, 0.3) is 5.91 Å². The molecular weight excluding hydrogens is 404 g/mol. The second-order valence-electron chi connectivity index (χ2n) is 6.76. The van der Waals surface area contributed by atoms with Crippen molar-refractivity contribution in [2.45, 2.75) is 18.7 Å². The molecule has 8 nitrogen and oxygen atoms in total. The third-order valence-electron chi connectivity index (χ3n) is 4.54. The first-order valence-electron chi connectivity index (χ1n) is 9.33. The van der Waals surface area contributed by atoms with Gasteiger partial charge in [-0.2, -0.15) is 5.10 Å². The van der Waals surface area contributed by atoms with E-state index in [1.165, 1.54) is 19.2 Å². The maximum atomic E-state index is 12.9. The SMILES string of the molecule is COCCNS(=O)(=O)c1ccc(C)c(C(=O)Nc2cccc(-n3nccc3C)c2)c1. The number of carbonyl (C=O) groups is 1. The van der Waals surface area contributed by atoms with Crippen molar-refractivity contribution in [3.05, 3.63) is 71.5 Å². The summed E-state index contributed by atoms with van der Waals surface area (Å²) < 4.78 is 34.0. The lowest BCUT2D eigenvalue weighted by Gasteiger charge is -2.12. The summed E-state index contributed by atoms with van der Waals surface area (Å²) >= 11 is 0. The highest BCUT2D eigenvalue weighted by atomic mass is 32.2. The molecule has 158 valence electrons. The minimum Gasteiger partial charge on any atom is -0.383 e. The molecule has 0 saturated carbocycles. The van der Waals surface area contributed by atoms with Crippen molar-refractivity contribution in [2.24, 2.45) is 0 Å². The fourth-order valence-electron chi connectivity index (χ4n) is 2.93. The topological polar surface area (TPSA) is 102 Å². The Balaban J connectivity index is 1.83. The van der Waals surface area contributed by atoms with Gasteiger partial charge in [0.1, 0.15) is 0 Å². The van der Waals surface area contributed by atoms with Crippen LogP contribution in [0.2, 0.25) is 0 Å². The smallest absolute Gasteiger partial charge is 0.255 e. The molecule has 0 bridgehead atoms. The first-order chi connectivity index (χ1) is 14.3. The number of aryl methyl sites for hydroxylation is 2. The van der Waals surface area contributed by atoms with E-state index in [1.54, 1.807) is 36.0 Å². The maximum absolute atomic E-state index is 12.9. The molecule has 0 atom stereocenters. The number of rotatable bonds is 8. The first kappa shape index (κ1) is 21.7. The quantitative estimate of drug-likeness (QED) is 0.537. The lowest BCUT2D eigenvalue weighted by atomic mass is 10.1. The minimum absolute atomic E-state index is 0.0234. The molecule has 1 heterocycles. The average Bonchev–Trinajstić information content (AvgIpc) is 3.14. The fraction of sp³-hybridized carbons (Fsp3) is 0.238. The van der Waals surface area contributed by atoms with Crippen molar-refractivity contribution in [3.8, 4) is 5.69 Å². The maximum Gasteiger partial charge on any atom is 0.255 e. The number of benzene rings is 2. The molecule has 3 aromatic rings. The van der Waals surface area contributed by atoms with Crippen LogP contribution in [0.25, 0.3) is 5.69 Å². The molecule has 0 aliphatic carbocycles. The molecule has 0 saturated heterocycles. The van der Waals surface area contributed by atoms with E-state index < -0.39 is 15.9 Å². The molecule has 0 aliphatic rings. The molecule has 0 spiro atoms. The molecular formula is C21H24N4O4S. The summed E-state index contributed by atoms with van der Waals surface area (Å²) in [5.74, 6) is -0.393. The van der Waals surface area contributed by atoms with E-state index in [-0.39, 0.29) is 23.6 Å². The Morgan fingerprint density at radius 3 is 2.63 bits per heavy atom. The van der Waals surface area contributed by atoms with Crippen LogP contribution in [0.1, 0.15) is 21.6 Å². The number of nitrogens with one attached hydrogen (secondary N) is 2. The Bertz CT molecular complexity index is 1160. The molecule has 2 aromatic carbocycles. The predicted molar refractivity (Wildman–Crippen MR) is 114 cm³/mol. The van der Waals surface area contributed by atoms with Crippen LogP contribution >= 0.6 is 0 Å². The fourth-order valence-corrected chi connectivity index (χ4v) is 3.97. The molecule has 9 heteroatoms. The molecule has 1 aromatic heterocycles. The Kier molecular flexibility index (Phi) is 6.66. The van der Waals surface area contributed by atoms with E-state index in [0.29, 0.717) is 11.3 Å². The zero-order chi connectivity index (χ0) is 21.7. The van der Waals surface area contributed by atoms with Gasteiger partial charge in [0.15, 0.2) is 0 Å². The molecule has 0 aliphatic heterocycles. The number of anilines is 1. The summed E-state index contributed by atoms with van der Waals surface area (Å²) in [7, 11) is -2.25. The Labute approximate surface area is 175 Å². The van der Waals surface area contributed by atoms with Gasteiger partial charge in [-0.1, -0.05) is 12.1 Å². The van der Waals surface area contributed by atoms with Crippen LogP contribution in [0.5, 0.6) is 0 Å². The van der Waals surface area contributed by atoms with Crippen molar-refractivity contribution in [1.82, 2.24) is 14.5 Å². The Morgan fingerprint density at radius 1 is 1.13 bits per heavy atom. The van der Waals surface area contributed by atoms with E-state index in [4.69, 9.17) is 4.74 Å². The van der Waals surface area contributed by atoms with Crippen LogP contribution in [0, 0.1) is 13.8 Å². The number of hydrogen-bond donors (Lipinski definition) is 2. The molecule has 0 radical (unpaired) electrons. The Hall–Kier alpha value is -3.01. The van der Waals surface area contributed by atoms with Crippen LogP contribution in [0.3, 0.4) is 0 Å². The monoisotopic (exact) mass is 428 g/mol. The molecule has 3 rings (SSSR count). The molecule has 1 amide bonds. The second kappa shape index (κ2) is 9.21. The number of amides is 1. The lowest BCUT2D eigenvalue weighted by Crippen LogP contribution is -2.27. The largest absolute Gasteiger partial charge is 0.383 e. The van der Waals surface area contributed by atoms with Gasteiger partial charge in [0, 0.05) is 36.8 Å². The first-order valence-corrected chi connectivity index (χ1v) is 10.8. The van der Waals surface area contributed by atoms with Crippen molar-refractivity contribution in [1.29, 1.82) is 0 Å². The van der Waals surface area contributed by atoms with Gasteiger partial charge < -0.3 is 10.1 Å². The van der Waals surface area contributed by atoms with Gasteiger partial charge in [-0.3, -0.25) is 4.79 Å². The standard InChI is InChI=1S/C21H24N4O4S/c1-15-7-8-19(30(27,28)23-11-12-29-3)14-20(15)21(26)24-17-5-4-6-18(13-17)25-16(2)9-10-22-25/h4-10,13-14,23H,11-12H2,1-3H3,(H,24,26). The van der Waals surface area contributed by atoms with Gasteiger partial charge in [-0.05, 0) is 55.8 Å². The second-order valence-corrected chi connectivity index (χ2v) is 8.52. The summed E-state index contributed by atoms with van der Waals surface area (Å²) in [6.45, 7) is 4.10. The third kappa shape index (κ3) is 4.93. The summed E-state index contributed by atoms with van der Waals surface area (Å²) in [5.41, 5.74) is 3.31. The lowest BCUT2D eigenvalue weighted by molar-refractivity contribution is 0.102. The highest BCUT2D eigenvalue weighted by Crippen LogP contribution is 2.20. The van der Waals surface area contributed by atoms with Crippen molar-refractivity contribution in [2.75, 3.05) is 25.6 Å². The van der Waals surface area contributed by atoms with Gasteiger partial charge in [0.05, 0.1) is 17.2 Å². The van der Waals surface area contributed by atoms with Gasteiger partial charge in [-0.25, -0.2) is 17.8 Å². The van der Waals surface area contributed by atoms with E-state index in [1.807, 2.05) is 25.1 Å². The number of nitrogens with zero attached hydrogens (tertiary/aromatic N) is 2. The zero-order valence-corrected chi connectivity index (χ0v) is 17.9. The van der Waals surface area contributed by atoms with Crippen molar-refractivity contribution < 1.29 is 17.9 Å². The third-order valence-corrected chi connectivity index (χ3v) is 6.00.